The highest BCUT2D eigenvalue weighted by molar-refractivity contribution is 5.92. The topological polar surface area (TPSA) is 72.8 Å². The third-order valence-corrected chi connectivity index (χ3v) is 2.44. The fraction of sp³-hybridized carbons (Fsp3) is 0.385. The molecule has 21 heavy (non-hydrogen) atoms. The van der Waals surface area contributed by atoms with E-state index in [4.69, 9.17) is 9.84 Å². The zero-order valence-electron chi connectivity index (χ0n) is 11.1. The maximum absolute atomic E-state index is 12.3. The molecule has 0 spiro atoms. The molecular formula is C13H13F3O5. The number of carbonyl (C=O) groups is 2. The predicted octanol–water partition coefficient (Wildman–Crippen LogP) is 2.78. The van der Waals surface area contributed by atoms with Gasteiger partial charge >= 0.3 is 18.3 Å². The first-order chi connectivity index (χ1) is 9.74. The van der Waals surface area contributed by atoms with Crippen molar-refractivity contribution in [1.82, 2.24) is 0 Å². The number of benzene rings is 1. The second kappa shape index (κ2) is 6.96. The fourth-order valence-electron chi connectivity index (χ4n) is 1.68. The maximum Gasteiger partial charge on any atom is 0.573 e. The van der Waals surface area contributed by atoms with Crippen LogP contribution in [-0.2, 0) is 16.0 Å². The van der Waals surface area contributed by atoms with E-state index < -0.39 is 30.5 Å². The summed E-state index contributed by atoms with van der Waals surface area (Å²) in [6, 6.07) is 3.49. The third kappa shape index (κ3) is 5.33. The molecule has 0 aliphatic heterocycles. The highest BCUT2D eigenvalue weighted by Crippen LogP contribution is 2.30. The van der Waals surface area contributed by atoms with Crippen LogP contribution in [0, 0.1) is 0 Å². The summed E-state index contributed by atoms with van der Waals surface area (Å²) in [6.45, 7) is 1.59. The molecule has 0 bridgehead atoms. The van der Waals surface area contributed by atoms with Gasteiger partial charge in [-0.3, -0.25) is 4.79 Å². The molecule has 0 unspecified atom stereocenters. The molecule has 1 aromatic rings. The number of hydrogen-bond acceptors (Lipinski definition) is 4. The van der Waals surface area contributed by atoms with Crippen LogP contribution in [0.2, 0.25) is 0 Å². The first-order valence-corrected chi connectivity index (χ1v) is 6.01. The van der Waals surface area contributed by atoms with Crippen molar-refractivity contribution >= 4 is 11.9 Å². The van der Waals surface area contributed by atoms with Crippen LogP contribution in [0.1, 0.15) is 29.3 Å². The number of aliphatic carboxylic acids is 1. The molecule has 0 aliphatic rings. The molecule has 0 amide bonds. The van der Waals surface area contributed by atoms with Gasteiger partial charge in [-0.2, -0.15) is 0 Å². The lowest BCUT2D eigenvalue weighted by Crippen LogP contribution is -2.19. The Bertz CT molecular complexity index is 525. The van der Waals surface area contributed by atoms with Gasteiger partial charge in [0.15, 0.2) is 0 Å². The third-order valence-electron chi connectivity index (χ3n) is 2.44. The Hall–Kier alpha value is -2.25. The number of carbonyl (C=O) groups excluding carboxylic acids is 1. The molecule has 0 atom stereocenters. The molecule has 0 heterocycles. The van der Waals surface area contributed by atoms with E-state index in [9.17, 15) is 22.8 Å². The summed E-state index contributed by atoms with van der Waals surface area (Å²) in [5.74, 6) is -2.63. The second-order valence-electron chi connectivity index (χ2n) is 3.94. The Kier molecular flexibility index (Phi) is 5.57. The van der Waals surface area contributed by atoms with Crippen LogP contribution >= 0.6 is 0 Å². The van der Waals surface area contributed by atoms with E-state index in [-0.39, 0.29) is 24.2 Å². The quantitative estimate of drug-likeness (QED) is 0.818. The number of ether oxygens (including phenoxy) is 2. The van der Waals surface area contributed by atoms with Crippen molar-refractivity contribution in [3.8, 4) is 5.75 Å². The number of rotatable bonds is 6. The number of hydrogen-bond donors (Lipinski definition) is 1. The summed E-state index contributed by atoms with van der Waals surface area (Å²) in [7, 11) is 0. The molecule has 0 saturated heterocycles. The SMILES string of the molecule is CCOC(=O)c1cccc(OC(F)(F)F)c1CCC(=O)O. The van der Waals surface area contributed by atoms with Gasteiger partial charge < -0.3 is 14.6 Å². The molecule has 116 valence electrons. The minimum Gasteiger partial charge on any atom is -0.481 e. The van der Waals surface area contributed by atoms with E-state index in [0.29, 0.717) is 0 Å². The molecule has 1 aromatic carbocycles. The van der Waals surface area contributed by atoms with Crippen molar-refractivity contribution in [2.75, 3.05) is 6.61 Å². The summed E-state index contributed by atoms with van der Waals surface area (Å²) in [5, 5.41) is 8.65. The van der Waals surface area contributed by atoms with Crippen molar-refractivity contribution in [2.45, 2.75) is 26.1 Å². The van der Waals surface area contributed by atoms with Crippen molar-refractivity contribution in [1.29, 1.82) is 0 Å². The lowest BCUT2D eigenvalue weighted by Gasteiger charge is -2.15. The summed E-state index contributed by atoms with van der Waals surface area (Å²) in [5.41, 5.74) is -0.282. The molecule has 1 N–H and O–H groups in total. The fourth-order valence-corrected chi connectivity index (χ4v) is 1.68. The molecule has 0 aliphatic carbocycles. The second-order valence-corrected chi connectivity index (χ2v) is 3.94. The molecule has 0 aromatic heterocycles. The number of carboxylic acid groups (broad SMARTS) is 1. The lowest BCUT2D eigenvalue weighted by atomic mass is 10.0. The van der Waals surface area contributed by atoms with E-state index in [2.05, 4.69) is 4.74 Å². The maximum atomic E-state index is 12.3. The summed E-state index contributed by atoms with van der Waals surface area (Å²) < 4.78 is 45.6. The summed E-state index contributed by atoms with van der Waals surface area (Å²) in [6.07, 6.45) is -5.66. The average Bonchev–Trinajstić information content (AvgIpc) is 2.35. The largest absolute Gasteiger partial charge is 0.573 e. The Balaban J connectivity index is 3.19. The molecule has 0 radical (unpaired) electrons. The Morgan fingerprint density at radius 2 is 1.95 bits per heavy atom. The van der Waals surface area contributed by atoms with Crippen LogP contribution in [-0.4, -0.2) is 30.0 Å². The normalized spacial score (nSPS) is 11.0. The zero-order chi connectivity index (χ0) is 16.0. The van der Waals surface area contributed by atoms with Crippen molar-refractivity contribution in [3.63, 3.8) is 0 Å². The van der Waals surface area contributed by atoms with Gasteiger partial charge in [0.1, 0.15) is 5.75 Å². The van der Waals surface area contributed by atoms with Crippen LogP contribution in [0.15, 0.2) is 18.2 Å². The monoisotopic (exact) mass is 306 g/mol. The molecule has 8 heteroatoms. The van der Waals surface area contributed by atoms with Gasteiger partial charge in [0, 0.05) is 12.0 Å². The Labute approximate surface area is 118 Å². The van der Waals surface area contributed by atoms with Gasteiger partial charge in [-0.1, -0.05) is 6.07 Å². The van der Waals surface area contributed by atoms with E-state index in [0.717, 1.165) is 6.07 Å². The predicted molar refractivity (Wildman–Crippen MR) is 65.0 cm³/mol. The van der Waals surface area contributed by atoms with Crippen LogP contribution in [0.3, 0.4) is 0 Å². The van der Waals surface area contributed by atoms with Gasteiger partial charge in [-0.05, 0) is 25.5 Å². The highest BCUT2D eigenvalue weighted by Gasteiger charge is 2.33. The molecule has 0 saturated carbocycles. The van der Waals surface area contributed by atoms with Gasteiger partial charge in [-0.25, -0.2) is 4.79 Å². The van der Waals surface area contributed by atoms with Crippen LogP contribution in [0.25, 0.3) is 0 Å². The van der Waals surface area contributed by atoms with Gasteiger partial charge in [0.25, 0.3) is 0 Å². The minimum absolute atomic E-state index is 0.0432. The van der Waals surface area contributed by atoms with Crippen LogP contribution in [0.4, 0.5) is 13.2 Å². The van der Waals surface area contributed by atoms with E-state index in [1.165, 1.54) is 12.1 Å². The van der Waals surface area contributed by atoms with E-state index in [1.54, 1.807) is 6.92 Å². The van der Waals surface area contributed by atoms with E-state index in [1.807, 2.05) is 0 Å². The van der Waals surface area contributed by atoms with Crippen LogP contribution in [0.5, 0.6) is 5.75 Å². The summed E-state index contributed by atoms with van der Waals surface area (Å²) in [4.78, 5) is 22.3. The smallest absolute Gasteiger partial charge is 0.481 e. The van der Waals surface area contributed by atoms with Crippen LogP contribution < -0.4 is 4.74 Å². The zero-order valence-corrected chi connectivity index (χ0v) is 11.1. The van der Waals surface area contributed by atoms with Gasteiger partial charge in [0.2, 0.25) is 0 Å². The Morgan fingerprint density at radius 3 is 2.48 bits per heavy atom. The summed E-state index contributed by atoms with van der Waals surface area (Å²) >= 11 is 0. The Morgan fingerprint density at radius 1 is 1.29 bits per heavy atom. The lowest BCUT2D eigenvalue weighted by molar-refractivity contribution is -0.274. The average molecular weight is 306 g/mol. The van der Waals surface area contributed by atoms with Crippen molar-refractivity contribution in [3.05, 3.63) is 29.3 Å². The van der Waals surface area contributed by atoms with E-state index >= 15 is 0 Å². The number of carboxylic acids is 1. The van der Waals surface area contributed by atoms with Gasteiger partial charge in [0.05, 0.1) is 12.2 Å². The number of alkyl halides is 3. The van der Waals surface area contributed by atoms with Crippen molar-refractivity contribution < 1.29 is 37.3 Å². The standard InChI is InChI=1S/C13H13F3O5/c1-2-20-12(19)9-4-3-5-10(21-13(14,15)16)8(9)6-7-11(17)18/h3-5H,2,6-7H2,1H3,(H,17,18). The first kappa shape index (κ1) is 16.8. The highest BCUT2D eigenvalue weighted by atomic mass is 19.4. The first-order valence-electron chi connectivity index (χ1n) is 6.01. The minimum atomic E-state index is -4.94. The number of halogens is 3. The molecule has 5 nitrogen and oxygen atoms in total. The van der Waals surface area contributed by atoms with Crippen molar-refractivity contribution in [2.24, 2.45) is 0 Å². The molecule has 0 fully saturated rings. The number of esters is 1. The van der Waals surface area contributed by atoms with Gasteiger partial charge in [-0.15, -0.1) is 13.2 Å². The molecular weight excluding hydrogens is 293 g/mol. The molecule has 1 rings (SSSR count).